The Hall–Kier alpha value is -1.18. The van der Waals surface area contributed by atoms with Crippen LogP contribution >= 0.6 is 22.9 Å². The van der Waals surface area contributed by atoms with Gasteiger partial charge in [-0.1, -0.05) is 0 Å². The van der Waals surface area contributed by atoms with Crippen molar-refractivity contribution in [2.75, 3.05) is 38.2 Å². The summed E-state index contributed by atoms with van der Waals surface area (Å²) in [5.74, 6) is 0.553. The lowest BCUT2D eigenvalue weighted by atomic mass is 10.2. The molecule has 7 heteroatoms. The van der Waals surface area contributed by atoms with Crippen molar-refractivity contribution in [1.82, 2.24) is 14.3 Å². The van der Waals surface area contributed by atoms with Crippen LogP contribution in [0.3, 0.4) is 0 Å². The predicted molar refractivity (Wildman–Crippen MR) is 79.4 cm³/mol. The fourth-order valence-electron chi connectivity index (χ4n) is 1.54. The second kappa shape index (κ2) is 5.64. The Balaban J connectivity index is 2.17. The molecule has 0 atom stereocenters. The van der Waals surface area contributed by atoms with Gasteiger partial charge in [0.05, 0.1) is 16.3 Å². The second-order valence-corrected chi connectivity index (χ2v) is 6.09. The third-order valence-electron chi connectivity index (χ3n) is 2.44. The molecule has 0 aliphatic carbocycles. The van der Waals surface area contributed by atoms with Crippen molar-refractivity contribution in [3.8, 4) is 11.3 Å². The molecule has 0 amide bonds. The number of nitrogens with zero attached hydrogens (tertiary/aromatic N) is 3. The van der Waals surface area contributed by atoms with Gasteiger partial charge in [-0.3, -0.25) is 0 Å². The third-order valence-corrected chi connectivity index (χ3v) is 4.03. The molecule has 2 aromatic heterocycles. The van der Waals surface area contributed by atoms with Crippen molar-refractivity contribution in [3.05, 3.63) is 10.4 Å². The zero-order chi connectivity index (χ0) is 13.1. The Kier molecular flexibility index (Phi) is 4.15. The van der Waals surface area contributed by atoms with Crippen LogP contribution in [0.2, 0.25) is 0 Å². The Bertz CT molecular complexity index is 517. The van der Waals surface area contributed by atoms with E-state index in [1.807, 2.05) is 26.4 Å². The Morgan fingerprint density at radius 1 is 1.44 bits per heavy atom. The largest absolute Gasteiger partial charge is 0.382 e. The maximum absolute atomic E-state index is 5.93. The number of hydrogen-bond acceptors (Lipinski definition) is 7. The minimum Gasteiger partial charge on any atom is -0.382 e. The maximum Gasteiger partial charge on any atom is 0.148 e. The Labute approximate surface area is 115 Å². The smallest absolute Gasteiger partial charge is 0.148 e. The number of nitrogens with one attached hydrogen (secondary N) is 1. The van der Waals surface area contributed by atoms with Crippen LogP contribution in [-0.2, 0) is 0 Å². The van der Waals surface area contributed by atoms with E-state index in [4.69, 9.17) is 5.73 Å². The Morgan fingerprint density at radius 3 is 2.83 bits per heavy atom. The van der Waals surface area contributed by atoms with Crippen LogP contribution in [0.5, 0.6) is 0 Å². The lowest BCUT2D eigenvalue weighted by molar-refractivity contribution is 0.425. The highest BCUT2D eigenvalue weighted by Gasteiger charge is 2.15. The molecular formula is C11H17N5S2. The van der Waals surface area contributed by atoms with Crippen LogP contribution < -0.4 is 11.1 Å². The lowest BCUT2D eigenvalue weighted by Crippen LogP contribution is -2.20. The van der Waals surface area contributed by atoms with E-state index in [0.717, 1.165) is 34.4 Å². The molecule has 2 aromatic rings. The summed E-state index contributed by atoms with van der Waals surface area (Å²) in [6.07, 6.45) is 0. The molecule has 0 fully saturated rings. The summed E-state index contributed by atoms with van der Waals surface area (Å²) < 4.78 is 4.21. The van der Waals surface area contributed by atoms with Gasteiger partial charge < -0.3 is 16.0 Å². The quantitative estimate of drug-likeness (QED) is 0.880. The molecule has 0 radical (unpaired) electrons. The number of aromatic nitrogens is 2. The van der Waals surface area contributed by atoms with Crippen molar-refractivity contribution < 1.29 is 0 Å². The average molecular weight is 283 g/mol. The van der Waals surface area contributed by atoms with Crippen LogP contribution in [0.1, 0.15) is 5.01 Å². The van der Waals surface area contributed by atoms with E-state index in [-0.39, 0.29) is 0 Å². The number of anilines is 2. The van der Waals surface area contributed by atoms with Gasteiger partial charge in [0.15, 0.2) is 0 Å². The number of likely N-dealkylation sites (N-methyl/N-ethyl adjacent to an activating group) is 1. The van der Waals surface area contributed by atoms with Gasteiger partial charge in [0, 0.05) is 18.5 Å². The molecule has 2 rings (SSSR count). The highest BCUT2D eigenvalue weighted by molar-refractivity contribution is 7.11. The van der Waals surface area contributed by atoms with Crippen molar-refractivity contribution >= 4 is 33.7 Å². The molecule has 0 aliphatic rings. The van der Waals surface area contributed by atoms with Crippen molar-refractivity contribution in [3.63, 3.8) is 0 Å². The molecule has 0 unspecified atom stereocenters. The zero-order valence-corrected chi connectivity index (χ0v) is 12.4. The number of nitrogens with two attached hydrogens (primary N) is 1. The monoisotopic (exact) mass is 283 g/mol. The number of thiazole rings is 1. The first-order valence-corrected chi connectivity index (χ1v) is 7.29. The highest BCUT2D eigenvalue weighted by atomic mass is 32.1. The summed E-state index contributed by atoms with van der Waals surface area (Å²) in [6, 6.07) is 0. The minimum atomic E-state index is 0.553. The first-order valence-electron chi connectivity index (χ1n) is 5.64. The normalized spacial score (nSPS) is 11.1. The van der Waals surface area contributed by atoms with E-state index >= 15 is 0 Å². The average Bonchev–Trinajstić information content (AvgIpc) is 2.85. The molecule has 3 N–H and O–H groups in total. The van der Waals surface area contributed by atoms with E-state index in [1.165, 1.54) is 11.5 Å². The van der Waals surface area contributed by atoms with Gasteiger partial charge in [-0.25, -0.2) is 4.98 Å². The van der Waals surface area contributed by atoms with Crippen molar-refractivity contribution in [1.29, 1.82) is 0 Å². The van der Waals surface area contributed by atoms with Gasteiger partial charge in [0.25, 0.3) is 0 Å². The molecule has 0 aromatic carbocycles. The van der Waals surface area contributed by atoms with Crippen LogP contribution in [0.4, 0.5) is 10.8 Å². The van der Waals surface area contributed by atoms with E-state index in [0.29, 0.717) is 5.82 Å². The summed E-state index contributed by atoms with van der Waals surface area (Å²) >= 11 is 3.01. The highest BCUT2D eigenvalue weighted by Crippen LogP contribution is 2.36. The Morgan fingerprint density at radius 2 is 2.22 bits per heavy atom. The van der Waals surface area contributed by atoms with Crippen LogP contribution in [0, 0.1) is 6.92 Å². The number of hydrogen-bond donors (Lipinski definition) is 2. The van der Waals surface area contributed by atoms with Gasteiger partial charge in [-0.15, -0.1) is 11.3 Å². The molecule has 2 heterocycles. The number of nitrogen functional groups attached to an aromatic ring is 1. The van der Waals surface area contributed by atoms with Crippen molar-refractivity contribution in [2.45, 2.75) is 6.92 Å². The van der Waals surface area contributed by atoms with Crippen LogP contribution in [-0.4, -0.2) is 41.4 Å². The molecular weight excluding hydrogens is 266 g/mol. The number of rotatable bonds is 5. The second-order valence-electron chi connectivity index (χ2n) is 4.25. The number of aryl methyl sites for hydroxylation is 1. The fourth-order valence-corrected chi connectivity index (χ4v) is 2.89. The third kappa shape index (κ3) is 2.98. The summed E-state index contributed by atoms with van der Waals surface area (Å²) in [5.41, 5.74) is 7.77. The maximum atomic E-state index is 5.93. The van der Waals surface area contributed by atoms with E-state index in [1.54, 1.807) is 11.3 Å². The lowest BCUT2D eigenvalue weighted by Gasteiger charge is -2.10. The molecule has 5 nitrogen and oxygen atoms in total. The molecule has 0 spiro atoms. The molecule has 0 saturated carbocycles. The molecule has 18 heavy (non-hydrogen) atoms. The van der Waals surface area contributed by atoms with Crippen LogP contribution in [0.25, 0.3) is 11.3 Å². The predicted octanol–water partition coefficient (Wildman–Crippen LogP) is 2.13. The molecule has 0 aliphatic heterocycles. The van der Waals surface area contributed by atoms with Gasteiger partial charge in [-0.05, 0) is 32.6 Å². The summed E-state index contributed by atoms with van der Waals surface area (Å²) in [4.78, 5) is 6.60. The standard InChI is InChI=1S/C11H17N5S2/c1-7-14-8(6-17-7)9-10(12)15-18-11(9)13-4-5-16(2)3/h6,13H,4-5H2,1-3H3,(H2,12,15). The zero-order valence-electron chi connectivity index (χ0n) is 10.7. The minimum absolute atomic E-state index is 0.553. The molecule has 98 valence electrons. The van der Waals surface area contributed by atoms with E-state index in [2.05, 4.69) is 19.6 Å². The van der Waals surface area contributed by atoms with Gasteiger partial charge in [-0.2, -0.15) is 4.37 Å². The van der Waals surface area contributed by atoms with E-state index < -0.39 is 0 Å². The van der Waals surface area contributed by atoms with Crippen LogP contribution in [0.15, 0.2) is 5.38 Å². The first-order chi connectivity index (χ1) is 8.58. The summed E-state index contributed by atoms with van der Waals surface area (Å²) in [7, 11) is 4.10. The summed E-state index contributed by atoms with van der Waals surface area (Å²) in [6.45, 7) is 3.82. The molecule has 0 saturated heterocycles. The molecule has 0 bridgehead atoms. The summed E-state index contributed by atoms with van der Waals surface area (Å²) in [5, 5.41) is 7.43. The fraction of sp³-hybridized carbons (Fsp3) is 0.455. The van der Waals surface area contributed by atoms with E-state index in [9.17, 15) is 0 Å². The van der Waals surface area contributed by atoms with Gasteiger partial charge in [0.2, 0.25) is 0 Å². The van der Waals surface area contributed by atoms with Gasteiger partial charge in [0.1, 0.15) is 10.8 Å². The van der Waals surface area contributed by atoms with Gasteiger partial charge >= 0.3 is 0 Å². The van der Waals surface area contributed by atoms with Crippen molar-refractivity contribution in [2.24, 2.45) is 0 Å². The topological polar surface area (TPSA) is 67.1 Å². The first kappa shape index (κ1) is 13.3. The SMILES string of the molecule is Cc1nc(-c2c(N)nsc2NCCN(C)C)cs1.